The molecule has 0 unspecified atom stereocenters. The minimum absolute atomic E-state index is 0.224. The fraction of sp³-hybridized carbons (Fsp3) is 0.263. The maximum atomic E-state index is 12.1. The summed E-state index contributed by atoms with van der Waals surface area (Å²) < 4.78 is 45.6. The first-order valence-corrected chi connectivity index (χ1v) is 8.22. The molecule has 150 valence electrons. The van der Waals surface area contributed by atoms with Crippen LogP contribution < -0.4 is 14.8 Å². The Hall–Kier alpha value is -3.23. The van der Waals surface area contributed by atoms with Crippen LogP contribution in [-0.4, -0.2) is 43.3 Å². The molecule has 28 heavy (non-hydrogen) atoms. The van der Waals surface area contributed by atoms with Gasteiger partial charge in [-0.25, -0.2) is 0 Å². The lowest BCUT2D eigenvalue weighted by molar-refractivity contribution is -0.274. The van der Waals surface area contributed by atoms with Crippen LogP contribution in [0.25, 0.3) is 0 Å². The van der Waals surface area contributed by atoms with Crippen LogP contribution in [0.2, 0.25) is 0 Å². The number of carbonyl (C=O) groups excluding carboxylic acids is 2. The van der Waals surface area contributed by atoms with Crippen molar-refractivity contribution in [3.63, 3.8) is 0 Å². The van der Waals surface area contributed by atoms with Crippen LogP contribution in [0.1, 0.15) is 5.56 Å². The molecule has 0 heterocycles. The number of nitrogens with one attached hydrogen (secondary N) is 1. The normalized spacial score (nSPS) is 10.9. The average molecular weight is 396 g/mol. The molecule has 0 saturated carbocycles. The highest BCUT2D eigenvalue weighted by Gasteiger charge is 2.31. The molecule has 2 aromatic carbocycles. The quantitative estimate of drug-likeness (QED) is 0.779. The van der Waals surface area contributed by atoms with Gasteiger partial charge in [-0.15, -0.1) is 13.2 Å². The number of aryl methyl sites for hydroxylation is 1. The number of hydrogen-bond donors (Lipinski definition) is 1. The van der Waals surface area contributed by atoms with E-state index in [4.69, 9.17) is 4.74 Å². The zero-order chi connectivity index (χ0) is 20.7. The molecule has 0 bridgehead atoms. The Bertz CT molecular complexity index is 823. The van der Waals surface area contributed by atoms with E-state index < -0.39 is 23.9 Å². The Morgan fingerprint density at radius 2 is 1.71 bits per heavy atom. The van der Waals surface area contributed by atoms with Crippen molar-refractivity contribution >= 4 is 17.5 Å². The van der Waals surface area contributed by atoms with Gasteiger partial charge < -0.3 is 19.7 Å². The summed E-state index contributed by atoms with van der Waals surface area (Å²) in [7, 11) is 1.45. The number of anilines is 1. The molecule has 0 aliphatic rings. The van der Waals surface area contributed by atoms with Crippen molar-refractivity contribution in [2.24, 2.45) is 0 Å². The highest BCUT2D eigenvalue weighted by atomic mass is 19.4. The molecule has 9 heteroatoms. The SMILES string of the molecule is Cc1ccccc1OCC(=O)N(C)CC(=O)Nc1ccc(OC(F)(F)F)cc1. The zero-order valence-corrected chi connectivity index (χ0v) is 15.2. The first-order chi connectivity index (χ1) is 13.1. The van der Waals surface area contributed by atoms with Gasteiger partial charge in [0.25, 0.3) is 5.91 Å². The highest BCUT2D eigenvalue weighted by Crippen LogP contribution is 2.24. The third kappa shape index (κ3) is 6.82. The minimum atomic E-state index is -4.78. The summed E-state index contributed by atoms with van der Waals surface area (Å²) in [6, 6.07) is 11.9. The van der Waals surface area contributed by atoms with Gasteiger partial charge in [0, 0.05) is 12.7 Å². The molecule has 2 aromatic rings. The van der Waals surface area contributed by atoms with E-state index in [1.165, 1.54) is 24.1 Å². The van der Waals surface area contributed by atoms with Gasteiger partial charge in [0.2, 0.25) is 5.91 Å². The number of rotatable bonds is 7. The topological polar surface area (TPSA) is 67.9 Å². The van der Waals surface area contributed by atoms with E-state index in [2.05, 4.69) is 10.1 Å². The van der Waals surface area contributed by atoms with Crippen molar-refractivity contribution in [1.29, 1.82) is 0 Å². The monoisotopic (exact) mass is 396 g/mol. The number of halogens is 3. The van der Waals surface area contributed by atoms with E-state index in [0.29, 0.717) is 5.75 Å². The van der Waals surface area contributed by atoms with Gasteiger partial charge in [-0.2, -0.15) is 0 Å². The number of ether oxygens (including phenoxy) is 2. The standard InChI is InChI=1S/C19H19F3N2O4/c1-13-5-3-4-6-16(13)27-12-18(26)24(2)11-17(25)23-14-7-9-15(10-8-14)28-19(20,21)22/h3-10H,11-12H2,1-2H3,(H,23,25). The molecule has 0 aliphatic heterocycles. The third-order valence-corrected chi connectivity index (χ3v) is 3.62. The number of benzene rings is 2. The average Bonchev–Trinajstić information content (AvgIpc) is 2.61. The zero-order valence-electron chi connectivity index (χ0n) is 15.2. The Morgan fingerprint density at radius 3 is 2.32 bits per heavy atom. The van der Waals surface area contributed by atoms with Gasteiger partial charge in [-0.1, -0.05) is 18.2 Å². The molecule has 0 aliphatic carbocycles. The van der Waals surface area contributed by atoms with Crippen molar-refractivity contribution in [3.05, 3.63) is 54.1 Å². The van der Waals surface area contributed by atoms with Gasteiger partial charge in [0.15, 0.2) is 6.61 Å². The summed E-state index contributed by atoms with van der Waals surface area (Å²) in [6.45, 7) is 1.39. The summed E-state index contributed by atoms with van der Waals surface area (Å²) in [4.78, 5) is 25.3. The van der Waals surface area contributed by atoms with Crippen molar-refractivity contribution in [2.45, 2.75) is 13.3 Å². The van der Waals surface area contributed by atoms with Crippen molar-refractivity contribution < 1.29 is 32.2 Å². The fourth-order valence-electron chi connectivity index (χ4n) is 2.21. The first kappa shape index (κ1) is 21.1. The van der Waals surface area contributed by atoms with Gasteiger partial charge in [0.1, 0.15) is 11.5 Å². The summed E-state index contributed by atoms with van der Waals surface area (Å²) in [5.41, 5.74) is 1.16. The Morgan fingerprint density at radius 1 is 1.07 bits per heavy atom. The molecule has 0 aromatic heterocycles. The summed E-state index contributed by atoms with van der Waals surface area (Å²) in [6.07, 6.45) is -4.78. The van der Waals surface area contributed by atoms with Crippen molar-refractivity contribution in [3.8, 4) is 11.5 Å². The predicted molar refractivity (Wildman–Crippen MR) is 96.1 cm³/mol. The molecule has 0 radical (unpaired) electrons. The second-order valence-electron chi connectivity index (χ2n) is 5.92. The number of hydrogen-bond acceptors (Lipinski definition) is 4. The predicted octanol–water partition coefficient (Wildman–Crippen LogP) is 3.37. The smallest absolute Gasteiger partial charge is 0.484 e. The molecule has 0 saturated heterocycles. The molecule has 0 fully saturated rings. The number of amides is 2. The van der Waals surface area contributed by atoms with Crippen LogP contribution >= 0.6 is 0 Å². The van der Waals surface area contributed by atoms with Gasteiger partial charge in [-0.3, -0.25) is 9.59 Å². The summed E-state index contributed by atoms with van der Waals surface area (Å²) in [5.74, 6) is -0.718. The third-order valence-electron chi connectivity index (χ3n) is 3.62. The van der Waals surface area contributed by atoms with E-state index in [1.807, 2.05) is 19.1 Å². The number of likely N-dealkylation sites (N-methyl/N-ethyl adjacent to an activating group) is 1. The van der Waals surface area contributed by atoms with Gasteiger partial charge in [0.05, 0.1) is 6.54 Å². The lowest BCUT2D eigenvalue weighted by Crippen LogP contribution is -2.37. The number of nitrogens with zero attached hydrogens (tertiary/aromatic N) is 1. The van der Waals surface area contributed by atoms with Gasteiger partial charge >= 0.3 is 6.36 Å². The van der Waals surface area contributed by atoms with E-state index in [0.717, 1.165) is 17.7 Å². The maximum Gasteiger partial charge on any atom is 0.573 e. The Balaban J connectivity index is 1.81. The molecule has 2 rings (SSSR count). The molecule has 0 atom stereocenters. The lowest BCUT2D eigenvalue weighted by atomic mass is 10.2. The highest BCUT2D eigenvalue weighted by molar-refractivity contribution is 5.94. The van der Waals surface area contributed by atoms with Crippen LogP contribution in [-0.2, 0) is 9.59 Å². The Kier molecular flexibility index (Phi) is 6.86. The van der Waals surface area contributed by atoms with E-state index in [1.54, 1.807) is 12.1 Å². The van der Waals surface area contributed by atoms with E-state index >= 15 is 0 Å². The second kappa shape index (κ2) is 9.12. The molecular formula is C19H19F3N2O4. The second-order valence-corrected chi connectivity index (χ2v) is 5.92. The number of alkyl halides is 3. The van der Waals surface area contributed by atoms with Crippen LogP contribution in [0.3, 0.4) is 0 Å². The fourth-order valence-corrected chi connectivity index (χ4v) is 2.21. The van der Waals surface area contributed by atoms with Crippen LogP contribution in [0.5, 0.6) is 11.5 Å². The number of para-hydroxylation sites is 1. The molecule has 1 N–H and O–H groups in total. The maximum absolute atomic E-state index is 12.1. The largest absolute Gasteiger partial charge is 0.573 e. The first-order valence-electron chi connectivity index (χ1n) is 8.22. The minimum Gasteiger partial charge on any atom is -0.484 e. The summed E-state index contributed by atoms with van der Waals surface area (Å²) >= 11 is 0. The van der Waals surface area contributed by atoms with Crippen LogP contribution in [0, 0.1) is 6.92 Å². The van der Waals surface area contributed by atoms with Crippen molar-refractivity contribution in [2.75, 3.05) is 25.5 Å². The molecular weight excluding hydrogens is 377 g/mol. The summed E-state index contributed by atoms with van der Waals surface area (Å²) in [5, 5.41) is 2.49. The van der Waals surface area contributed by atoms with Crippen LogP contribution in [0.4, 0.5) is 18.9 Å². The molecule has 0 spiro atoms. The van der Waals surface area contributed by atoms with Crippen LogP contribution in [0.15, 0.2) is 48.5 Å². The van der Waals surface area contributed by atoms with Crippen molar-refractivity contribution in [1.82, 2.24) is 4.90 Å². The lowest BCUT2D eigenvalue weighted by Gasteiger charge is -2.17. The van der Waals surface area contributed by atoms with Gasteiger partial charge in [-0.05, 0) is 42.8 Å². The molecule has 2 amide bonds. The molecule has 6 nitrogen and oxygen atoms in total. The Labute approximate surface area is 159 Å². The number of carbonyl (C=O) groups is 2. The van der Waals surface area contributed by atoms with E-state index in [9.17, 15) is 22.8 Å². The van der Waals surface area contributed by atoms with E-state index in [-0.39, 0.29) is 18.8 Å².